The van der Waals surface area contributed by atoms with Crippen LogP contribution in [-0.4, -0.2) is 30.1 Å². The van der Waals surface area contributed by atoms with Gasteiger partial charge in [-0.1, -0.05) is 33.6 Å². The molecule has 0 spiro atoms. The van der Waals surface area contributed by atoms with Crippen molar-refractivity contribution in [3.8, 4) is 0 Å². The van der Waals surface area contributed by atoms with Crippen LogP contribution in [0.4, 0.5) is 0 Å². The van der Waals surface area contributed by atoms with Crippen LogP contribution in [0, 0.1) is 17.3 Å². The molecule has 0 amide bonds. The van der Waals surface area contributed by atoms with Gasteiger partial charge in [0.25, 0.3) is 0 Å². The van der Waals surface area contributed by atoms with Gasteiger partial charge in [0.1, 0.15) is 0 Å². The van der Waals surface area contributed by atoms with E-state index in [0.29, 0.717) is 5.41 Å². The molecule has 2 fully saturated rings. The molecule has 2 nitrogen and oxygen atoms in total. The molecular weight excluding hydrogens is 220 g/mol. The number of likely N-dealkylation sites (tertiary alicyclic amines) is 1. The smallest absolute Gasteiger partial charge is 0.0131 e. The first-order valence-corrected chi connectivity index (χ1v) is 7.89. The average Bonchev–Trinajstić information content (AvgIpc) is 2.69. The number of rotatable bonds is 2. The highest BCUT2D eigenvalue weighted by atomic mass is 15.2. The lowest BCUT2D eigenvalue weighted by Crippen LogP contribution is -2.48. The predicted octanol–water partition coefficient (Wildman–Crippen LogP) is 3.26. The lowest BCUT2D eigenvalue weighted by Gasteiger charge is -2.46. The summed E-state index contributed by atoms with van der Waals surface area (Å²) >= 11 is 0. The Labute approximate surface area is 113 Å². The number of hydrogen-bond donors (Lipinski definition) is 1. The molecule has 18 heavy (non-hydrogen) atoms. The molecular formula is C16H32N2. The lowest BCUT2D eigenvalue weighted by atomic mass is 9.69. The zero-order valence-corrected chi connectivity index (χ0v) is 12.8. The minimum atomic E-state index is 0.450. The van der Waals surface area contributed by atoms with E-state index in [1.807, 2.05) is 0 Å². The van der Waals surface area contributed by atoms with Gasteiger partial charge in [0.2, 0.25) is 0 Å². The Morgan fingerprint density at radius 1 is 1.17 bits per heavy atom. The van der Waals surface area contributed by atoms with Gasteiger partial charge < -0.3 is 5.73 Å². The van der Waals surface area contributed by atoms with Crippen molar-refractivity contribution in [2.45, 2.75) is 71.9 Å². The lowest BCUT2D eigenvalue weighted by molar-refractivity contribution is 0.0362. The molecule has 2 N–H and O–H groups in total. The Morgan fingerprint density at radius 2 is 1.83 bits per heavy atom. The van der Waals surface area contributed by atoms with Crippen LogP contribution in [-0.2, 0) is 0 Å². The topological polar surface area (TPSA) is 29.3 Å². The molecule has 1 saturated heterocycles. The Hall–Kier alpha value is -0.0800. The number of nitrogens with zero attached hydrogens (tertiary/aromatic N) is 1. The highest BCUT2D eigenvalue weighted by Crippen LogP contribution is 2.42. The van der Waals surface area contributed by atoms with Crippen molar-refractivity contribution in [2.75, 3.05) is 13.1 Å². The molecule has 0 radical (unpaired) electrons. The van der Waals surface area contributed by atoms with Crippen LogP contribution in [0.25, 0.3) is 0 Å². The van der Waals surface area contributed by atoms with Crippen molar-refractivity contribution in [2.24, 2.45) is 23.0 Å². The Kier molecular flexibility index (Phi) is 4.38. The molecule has 2 aliphatic rings. The van der Waals surface area contributed by atoms with E-state index in [1.54, 1.807) is 0 Å². The summed E-state index contributed by atoms with van der Waals surface area (Å²) in [6.07, 6.45) is 6.99. The Morgan fingerprint density at radius 3 is 2.39 bits per heavy atom. The van der Waals surface area contributed by atoms with E-state index in [4.69, 9.17) is 5.73 Å². The summed E-state index contributed by atoms with van der Waals surface area (Å²) in [6.45, 7) is 11.8. The summed E-state index contributed by atoms with van der Waals surface area (Å²) in [6, 6.07) is 1.55. The van der Waals surface area contributed by atoms with Crippen molar-refractivity contribution in [1.82, 2.24) is 4.90 Å². The van der Waals surface area contributed by atoms with Gasteiger partial charge in [-0.15, -0.1) is 0 Å². The van der Waals surface area contributed by atoms with Crippen LogP contribution < -0.4 is 5.73 Å². The minimum Gasteiger partial charge on any atom is -0.330 e. The van der Waals surface area contributed by atoms with Crippen LogP contribution in [0.15, 0.2) is 0 Å². The van der Waals surface area contributed by atoms with Crippen LogP contribution in [0.3, 0.4) is 0 Å². The maximum atomic E-state index is 5.88. The first-order valence-electron chi connectivity index (χ1n) is 7.89. The highest BCUT2D eigenvalue weighted by Gasteiger charge is 2.41. The molecule has 4 unspecified atom stereocenters. The third kappa shape index (κ3) is 2.91. The second-order valence-electron chi connectivity index (χ2n) is 7.71. The van der Waals surface area contributed by atoms with Crippen LogP contribution in [0.5, 0.6) is 0 Å². The summed E-state index contributed by atoms with van der Waals surface area (Å²) in [5.74, 6) is 1.60. The van der Waals surface area contributed by atoms with Crippen LogP contribution >= 0.6 is 0 Å². The average molecular weight is 252 g/mol. The van der Waals surface area contributed by atoms with Crippen molar-refractivity contribution in [1.29, 1.82) is 0 Å². The Bertz CT molecular complexity index is 269. The van der Waals surface area contributed by atoms with Crippen molar-refractivity contribution in [3.63, 3.8) is 0 Å². The SMILES string of the molecule is CC1CC(CN)CN1C1CCCCC1C(C)(C)C. The highest BCUT2D eigenvalue weighted by molar-refractivity contribution is 4.95. The zero-order valence-electron chi connectivity index (χ0n) is 12.8. The fourth-order valence-corrected chi connectivity index (χ4v) is 4.32. The molecule has 2 heteroatoms. The quantitative estimate of drug-likeness (QED) is 0.817. The first kappa shape index (κ1) is 14.3. The molecule has 1 heterocycles. The zero-order chi connectivity index (χ0) is 13.3. The van der Waals surface area contributed by atoms with Crippen molar-refractivity contribution < 1.29 is 0 Å². The number of nitrogens with two attached hydrogens (primary N) is 1. The van der Waals surface area contributed by atoms with Gasteiger partial charge in [-0.25, -0.2) is 0 Å². The fraction of sp³-hybridized carbons (Fsp3) is 1.00. The number of hydrogen-bond acceptors (Lipinski definition) is 2. The molecule has 2 rings (SSSR count). The second kappa shape index (κ2) is 5.50. The standard InChI is InChI=1S/C16H32N2/c1-12-9-13(10-17)11-18(12)15-8-6-5-7-14(15)16(2,3)4/h12-15H,5-11,17H2,1-4H3. The van der Waals surface area contributed by atoms with Gasteiger partial charge in [-0.2, -0.15) is 0 Å². The summed E-state index contributed by atoms with van der Waals surface area (Å²) in [5, 5.41) is 0. The molecule has 106 valence electrons. The molecule has 1 saturated carbocycles. The monoisotopic (exact) mass is 252 g/mol. The van der Waals surface area contributed by atoms with Crippen molar-refractivity contribution in [3.05, 3.63) is 0 Å². The van der Waals surface area contributed by atoms with E-state index in [1.165, 1.54) is 38.6 Å². The van der Waals surface area contributed by atoms with Crippen LogP contribution in [0.1, 0.15) is 59.8 Å². The van der Waals surface area contributed by atoms with E-state index in [2.05, 4.69) is 32.6 Å². The Balaban J connectivity index is 2.09. The molecule has 0 aromatic carbocycles. The van der Waals surface area contributed by atoms with Gasteiger partial charge in [0.05, 0.1) is 0 Å². The van der Waals surface area contributed by atoms with Crippen LogP contribution in [0.2, 0.25) is 0 Å². The first-order chi connectivity index (χ1) is 8.43. The summed E-state index contributed by atoms with van der Waals surface area (Å²) in [4.78, 5) is 2.80. The maximum absolute atomic E-state index is 5.88. The summed E-state index contributed by atoms with van der Waals surface area (Å²) in [5.41, 5.74) is 6.33. The largest absolute Gasteiger partial charge is 0.330 e. The fourth-order valence-electron chi connectivity index (χ4n) is 4.32. The molecule has 0 bridgehead atoms. The normalized spacial score (nSPS) is 39.2. The van der Waals surface area contributed by atoms with E-state index < -0.39 is 0 Å². The minimum absolute atomic E-state index is 0.450. The molecule has 4 atom stereocenters. The molecule has 1 aliphatic heterocycles. The van der Waals surface area contributed by atoms with E-state index in [0.717, 1.165) is 30.5 Å². The molecule has 0 aromatic rings. The van der Waals surface area contributed by atoms with Gasteiger partial charge in [-0.05, 0) is 50.0 Å². The van der Waals surface area contributed by atoms with Crippen molar-refractivity contribution >= 4 is 0 Å². The van der Waals surface area contributed by atoms with E-state index in [9.17, 15) is 0 Å². The van der Waals surface area contributed by atoms with Gasteiger partial charge in [-0.3, -0.25) is 4.90 Å². The van der Waals surface area contributed by atoms with Gasteiger partial charge in [0, 0.05) is 18.6 Å². The summed E-state index contributed by atoms with van der Waals surface area (Å²) in [7, 11) is 0. The molecule has 1 aliphatic carbocycles. The summed E-state index contributed by atoms with van der Waals surface area (Å²) < 4.78 is 0. The third-order valence-corrected chi connectivity index (χ3v) is 5.31. The van der Waals surface area contributed by atoms with Gasteiger partial charge >= 0.3 is 0 Å². The third-order valence-electron chi connectivity index (χ3n) is 5.31. The second-order valence-corrected chi connectivity index (χ2v) is 7.71. The van der Waals surface area contributed by atoms with Gasteiger partial charge in [0.15, 0.2) is 0 Å². The maximum Gasteiger partial charge on any atom is 0.0131 e. The molecule has 0 aromatic heterocycles. The predicted molar refractivity (Wildman–Crippen MR) is 78.5 cm³/mol. The van der Waals surface area contributed by atoms with E-state index >= 15 is 0 Å². The van der Waals surface area contributed by atoms with E-state index in [-0.39, 0.29) is 0 Å².